The molecule has 0 spiro atoms. The Hall–Kier alpha value is -1.07. The van der Waals surface area contributed by atoms with Crippen LogP contribution in [0.25, 0.3) is 0 Å². The monoisotopic (exact) mass is 282 g/mol. The van der Waals surface area contributed by atoms with Gasteiger partial charge in [-0.2, -0.15) is 0 Å². The summed E-state index contributed by atoms with van der Waals surface area (Å²) in [7, 11) is 0. The Kier molecular flexibility index (Phi) is 5.62. The minimum atomic E-state index is -0.271. The number of carbonyl (C=O) groups excluding carboxylic acids is 1. The summed E-state index contributed by atoms with van der Waals surface area (Å²) in [4.78, 5) is 13.5. The van der Waals surface area contributed by atoms with Crippen molar-refractivity contribution in [3.63, 3.8) is 0 Å². The van der Waals surface area contributed by atoms with Crippen molar-refractivity contribution in [2.45, 2.75) is 24.8 Å². The van der Waals surface area contributed by atoms with Gasteiger partial charge in [-0.3, -0.25) is 4.79 Å². The Bertz CT molecular complexity index is 429. The number of hydrogen-bond acceptors (Lipinski definition) is 3. The summed E-state index contributed by atoms with van der Waals surface area (Å²) in [5.74, 6) is 0.0334. The van der Waals surface area contributed by atoms with Crippen LogP contribution in [0.2, 0.25) is 0 Å². The highest BCUT2D eigenvalue weighted by Crippen LogP contribution is 2.15. The first-order valence-electron chi connectivity index (χ1n) is 5.70. The second-order valence-corrected chi connectivity index (χ2v) is 5.68. The van der Waals surface area contributed by atoms with Crippen LogP contribution in [0.4, 0.5) is 0 Å². The molecule has 0 saturated carbocycles. The Morgan fingerprint density at radius 3 is 2.28 bits per heavy atom. The van der Waals surface area contributed by atoms with E-state index in [0.717, 1.165) is 4.90 Å². The first kappa shape index (κ1) is 15.0. The summed E-state index contributed by atoms with van der Waals surface area (Å²) in [6.07, 6.45) is 2.00. The summed E-state index contributed by atoms with van der Waals surface area (Å²) in [5, 5.41) is 2.86. The molecule has 1 amide bonds. The molecule has 1 rings (SSSR count). The van der Waals surface area contributed by atoms with Crippen LogP contribution in [0.3, 0.4) is 0 Å². The average Bonchev–Trinajstić information content (AvgIpc) is 2.35. The average molecular weight is 282 g/mol. The van der Waals surface area contributed by atoms with Crippen molar-refractivity contribution in [1.82, 2.24) is 5.32 Å². The molecule has 0 aliphatic heterocycles. The van der Waals surface area contributed by atoms with E-state index in [2.05, 4.69) is 5.32 Å². The van der Waals surface area contributed by atoms with Crippen molar-refractivity contribution in [2.24, 2.45) is 11.7 Å². The predicted molar refractivity (Wildman–Crippen MR) is 81.1 cm³/mol. The number of benzene rings is 1. The van der Waals surface area contributed by atoms with Crippen molar-refractivity contribution >= 4 is 34.9 Å². The van der Waals surface area contributed by atoms with Gasteiger partial charge >= 0.3 is 0 Å². The van der Waals surface area contributed by atoms with Crippen molar-refractivity contribution in [3.05, 3.63) is 29.8 Å². The molecule has 0 aliphatic rings. The van der Waals surface area contributed by atoms with Crippen LogP contribution in [-0.4, -0.2) is 23.2 Å². The van der Waals surface area contributed by atoms with Crippen LogP contribution in [0.5, 0.6) is 0 Å². The zero-order valence-electron chi connectivity index (χ0n) is 10.8. The van der Waals surface area contributed by atoms with Crippen LogP contribution < -0.4 is 11.1 Å². The molecule has 0 radical (unpaired) electrons. The molecule has 1 aromatic carbocycles. The fourth-order valence-electron chi connectivity index (χ4n) is 1.53. The lowest BCUT2D eigenvalue weighted by Gasteiger charge is -2.21. The van der Waals surface area contributed by atoms with Gasteiger partial charge in [-0.1, -0.05) is 26.1 Å². The van der Waals surface area contributed by atoms with Crippen molar-refractivity contribution < 1.29 is 4.79 Å². The second-order valence-electron chi connectivity index (χ2n) is 4.33. The zero-order chi connectivity index (χ0) is 13.7. The maximum absolute atomic E-state index is 12.0. The normalized spacial score (nSPS) is 12.2. The van der Waals surface area contributed by atoms with Gasteiger partial charge in [-0.05, 0) is 36.4 Å². The molecule has 3 N–H and O–H groups in total. The van der Waals surface area contributed by atoms with Crippen LogP contribution in [0.1, 0.15) is 24.2 Å². The first-order valence-corrected chi connectivity index (χ1v) is 7.33. The summed E-state index contributed by atoms with van der Waals surface area (Å²) in [6.45, 7) is 3.95. The van der Waals surface area contributed by atoms with E-state index < -0.39 is 0 Å². The standard InChI is InChI=1S/C13H18N2OS2/c1-8(2)11(12(14)17)15-13(16)9-4-6-10(18-3)7-5-9/h4-8,11H,1-3H3,(H2,14,17)(H,15,16). The molecule has 3 nitrogen and oxygen atoms in total. The first-order chi connectivity index (χ1) is 8.45. The molecule has 5 heteroatoms. The molecule has 0 bridgehead atoms. The third-order valence-electron chi connectivity index (χ3n) is 2.61. The number of thiocarbonyl (C=S) groups is 1. The van der Waals surface area contributed by atoms with Gasteiger partial charge in [-0.15, -0.1) is 11.8 Å². The fraction of sp³-hybridized carbons (Fsp3) is 0.385. The van der Waals surface area contributed by atoms with E-state index >= 15 is 0 Å². The molecule has 1 atom stereocenters. The van der Waals surface area contributed by atoms with E-state index in [1.165, 1.54) is 0 Å². The summed E-state index contributed by atoms with van der Waals surface area (Å²) >= 11 is 6.60. The second kappa shape index (κ2) is 6.75. The Morgan fingerprint density at radius 1 is 1.33 bits per heavy atom. The van der Waals surface area contributed by atoms with Gasteiger partial charge in [0.15, 0.2) is 0 Å². The molecular weight excluding hydrogens is 264 g/mol. The highest BCUT2D eigenvalue weighted by molar-refractivity contribution is 7.98. The lowest BCUT2D eigenvalue weighted by molar-refractivity contribution is 0.0940. The van der Waals surface area contributed by atoms with Gasteiger partial charge < -0.3 is 11.1 Å². The number of nitrogens with two attached hydrogens (primary N) is 1. The van der Waals surface area contributed by atoms with Gasteiger partial charge in [0, 0.05) is 10.5 Å². The molecule has 1 unspecified atom stereocenters. The van der Waals surface area contributed by atoms with Crippen molar-refractivity contribution in [2.75, 3.05) is 6.26 Å². The molecule has 1 aromatic rings. The van der Waals surface area contributed by atoms with E-state index in [0.29, 0.717) is 10.6 Å². The topological polar surface area (TPSA) is 55.1 Å². The molecule has 0 aliphatic carbocycles. The van der Waals surface area contributed by atoms with Crippen LogP contribution >= 0.6 is 24.0 Å². The lowest BCUT2D eigenvalue weighted by Crippen LogP contribution is -2.46. The fourth-order valence-corrected chi connectivity index (χ4v) is 2.27. The quantitative estimate of drug-likeness (QED) is 0.643. The highest BCUT2D eigenvalue weighted by atomic mass is 32.2. The van der Waals surface area contributed by atoms with Gasteiger partial charge in [-0.25, -0.2) is 0 Å². The molecule has 98 valence electrons. The lowest BCUT2D eigenvalue weighted by atomic mass is 10.0. The van der Waals surface area contributed by atoms with Gasteiger partial charge in [0.25, 0.3) is 5.91 Å². The van der Waals surface area contributed by atoms with Crippen LogP contribution in [0.15, 0.2) is 29.2 Å². The van der Waals surface area contributed by atoms with E-state index in [1.54, 1.807) is 23.9 Å². The smallest absolute Gasteiger partial charge is 0.251 e. The van der Waals surface area contributed by atoms with Crippen molar-refractivity contribution in [3.8, 4) is 0 Å². The molecule has 0 fully saturated rings. The number of hydrogen-bond donors (Lipinski definition) is 2. The maximum atomic E-state index is 12.0. The molecule has 0 heterocycles. The maximum Gasteiger partial charge on any atom is 0.251 e. The highest BCUT2D eigenvalue weighted by Gasteiger charge is 2.19. The number of carbonyl (C=O) groups is 1. The Morgan fingerprint density at radius 2 is 1.89 bits per heavy atom. The van der Waals surface area contributed by atoms with Crippen LogP contribution in [0, 0.1) is 5.92 Å². The Balaban J connectivity index is 2.77. The number of rotatable bonds is 5. The van der Waals surface area contributed by atoms with E-state index in [-0.39, 0.29) is 17.9 Å². The molecule has 0 aromatic heterocycles. The van der Waals surface area contributed by atoms with Crippen LogP contribution in [-0.2, 0) is 0 Å². The Labute approximate surface area is 118 Å². The van der Waals surface area contributed by atoms with Gasteiger partial charge in [0.1, 0.15) is 0 Å². The third kappa shape index (κ3) is 3.99. The minimum Gasteiger partial charge on any atom is -0.392 e. The summed E-state index contributed by atoms with van der Waals surface area (Å²) < 4.78 is 0. The molecule has 0 saturated heterocycles. The number of thioether (sulfide) groups is 1. The largest absolute Gasteiger partial charge is 0.392 e. The summed E-state index contributed by atoms with van der Waals surface area (Å²) in [6, 6.07) is 7.18. The molecule has 18 heavy (non-hydrogen) atoms. The molecular formula is C13H18N2OS2. The zero-order valence-corrected chi connectivity index (χ0v) is 12.4. The van der Waals surface area contributed by atoms with E-state index in [4.69, 9.17) is 18.0 Å². The van der Waals surface area contributed by atoms with E-state index in [1.807, 2.05) is 32.2 Å². The number of amides is 1. The predicted octanol–water partition coefficient (Wildman–Crippen LogP) is 2.45. The third-order valence-corrected chi connectivity index (χ3v) is 3.61. The van der Waals surface area contributed by atoms with Gasteiger partial charge in [0.05, 0.1) is 11.0 Å². The summed E-state index contributed by atoms with van der Waals surface area (Å²) in [5.41, 5.74) is 6.24. The van der Waals surface area contributed by atoms with Gasteiger partial charge in [0.2, 0.25) is 0 Å². The minimum absolute atomic E-state index is 0.144. The van der Waals surface area contributed by atoms with Crippen molar-refractivity contribution in [1.29, 1.82) is 0 Å². The van der Waals surface area contributed by atoms with E-state index in [9.17, 15) is 4.79 Å². The SMILES string of the molecule is CSc1ccc(C(=O)NC(C(N)=S)C(C)C)cc1. The number of nitrogens with one attached hydrogen (secondary N) is 1.